The maximum absolute atomic E-state index is 11.2. The van der Waals surface area contributed by atoms with E-state index in [1.165, 1.54) is 0 Å². The molecule has 0 fully saturated rings. The smallest absolute Gasteiger partial charge is 0.262 e. The fourth-order valence-electron chi connectivity index (χ4n) is 1.81. The SMILES string of the molecule is CC(C)c1c(N)ccc2c1NC(=O)CO2. The van der Waals surface area contributed by atoms with Gasteiger partial charge in [0.25, 0.3) is 5.91 Å². The van der Waals surface area contributed by atoms with Crippen LogP contribution in [0.25, 0.3) is 0 Å². The van der Waals surface area contributed by atoms with E-state index in [-0.39, 0.29) is 18.4 Å². The number of carbonyl (C=O) groups is 1. The molecule has 1 heterocycles. The van der Waals surface area contributed by atoms with Crippen molar-refractivity contribution in [2.24, 2.45) is 0 Å². The minimum Gasteiger partial charge on any atom is -0.482 e. The predicted octanol–water partition coefficient (Wildman–Crippen LogP) is 1.72. The summed E-state index contributed by atoms with van der Waals surface area (Å²) in [5, 5.41) is 2.81. The van der Waals surface area contributed by atoms with Gasteiger partial charge in [0.2, 0.25) is 0 Å². The average Bonchev–Trinajstić information content (AvgIpc) is 2.16. The Morgan fingerprint density at radius 1 is 1.47 bits per heavy atom. The molecule has 0 aromatic heterocycles. The number of benzene rings is 1. The third kappa shape index (κ3) is 1.63. The molecular formula is C11H14N2O2. The van der Waals surface area contributed by atoms with Gasteiger partial charge in [-0.2, -0.15) is 0 Å². The quantitative estimate of drug-likeness (QED) is 0.688. The number of hydrogen-bond acceptors (Lipinski definition) is 3. The van der Waals surface area contributed by atoms with E-state index < -0.39 is 0 Å². The number of nitrogens with one attached hydrogen (secondary N) is 1. The molecule has 4 heteroatoms. The number of nitrogens with two attached hydrogens (primary N) is 1. The number of rotatable bonds is 1. The van der Waals surface area contributed by atoms with Gasteiger partial charge in [-0.15, -0.1) is 0 Å². The Balaban J connectivity index is 2.57. The van der Waals surface area contributed by atoms with Crippen LogP contribution in [0.1, 0.15) is 25.3 Å². The van der Waals surface area contributed by atoms with Crippen LogP contribution in [-0.4, -0.2) is 12.5 Å². The monoisotopic (exact) mass is 206 g/mol. The molecule has 0 radical (unpaired) electrons. The molecule has 0 bridgehead atoms. The zero-order valence-corrected chi connectivity index (χ0v) is 8.83. The van der Waals surface area contributed by atoms with Crippen molar-refractivity contribution in [1.29, 1.82) is 0 Å². The van der Waals surface area contributed by atoms with Gasteiger partial charge in [0.1, 0.15) is 5.75 Å². The lowest BCUT2D eigenvalue weighted by molar-refractivity contribution is -0.118. The molecule has 1 aromatic carbocycles. The summed E-state index contributed by atoms with van der Waals surface area (Å²) in [6.07, 6.45) is 0. The molecule has 0 saturated heterocycles. The van der Waals surface area contributed by atoms with Crippen molar-refractivity contribution in [2.45, 2.75) is 19.8 Å². The van der Waals surface area contributed by atoms with Crippen molar-refractivity contribution in [3.8, 4) is 5.75 Å². The van der Waals surface area contributed by atoms with Gasteiger partial charge in [-0.05, 0) is 18.1 Å². The lowest BCUT2D eigenvalue weighted by Crippen LogP contribution is -2.26. The van der Waals surface area contributed by atoms with E-state index in [4.69, 9.17) is 10.5 Å². The summed E-state index contributed by atoms with van der Waals surface area (Å²) in [7, 11) is 0. The summed E-state index contributed by atoms with van der Waals surface area (Å²) >= 11 is 0. The second kappa shape index (κ2) is 3.46. The van der Waals surface area contributed by atoms with E-state index in [2.05, 4.69) is 5.32 Å². The molecule has 1 aliphatic heterocycles. The Morgan fingerprint density at radius 2 is 2.20 bits per heavy atom. The van der Waals surface area contributed by atoms with Crippen molar-refractivity contribution >= 4 is 17.3 Å². The summed E-state index contributed by atoms with van der Waals surface area (Å²) in [5.41, 5.74) is 8.24. The van der Waals surface area contributed by atoms with E-state index in [0.29, 0.717) is 11.4 Å². The highest BCUT2D eigenvalue weighted by Gasteiger charge is 2.22. The van der Waals surface area contributed by atoms with Crippen LogP contribution in [0.3, 0.4) is 0 Å². The zero-order chi connectivity index (χ0) is 11.0. The molecule has 1 amide bonds. The summed E-state index contributed by atoms with van der Waals surface area (Å²) in [6.45, 7) is 4.15. The number of hydrogen-bond donors (Lipinski definition) is 2. The maximum atomic E-state index is 11.2. The van der Waals surface area contributed by atoms with Crippen LogP contribution in [0.5, 0.6) is 5.75 Å². The van der Waals surface area contributed by atoms with Gasteiger partial charge in [0.15, 0.2) is 6.61 Å². The predicted molar refractivity (Wildman–Crippen MR) is 59.1 cm³/mol. The van der Waals surface area contributed by atoms with Gasteiger partial charge < -0.3 is 15.8 Å². The van der Waals surface area contributed by atoms with E-state index in [9.17, 15) is 4.79 Å². The lowest BCUT2D eigenvalue weighted by Gasteiger charge is -2.23. The summed E-state index contributed by atoms with van der Waals surface area (Å²) in [4.78, 5) is 11.2. The molecule has 4 nitrogen and oxygen atoms in total. The molecule has 2 rings (SSSR count). The van der Waals surface area contributed by atoms with Gasteiger partial charge in [-0.1, -0.05) is 13.8 Å². The Hall–Kier alpha value is -1.71. The lowest BCUT2D eigenvalue weighted by atomic mass is 9.98. The standard InChI is InChI=1S/C11H14N2O2/c1-6(2)10-7(12)3-4-8-11(10)13-9(14)5-15-8/h3-4,6H,5,12H2,1-2H3,(H,13,14). The van der Waals surface area contributed by atoms with Gasteiger partial charge in [0.05, 0.1) is 5.69 Å². The zero-order valence-electron chi connectivity index (χ0n) is 8.83. The van der Waals surface area contributed by atoms with E-state index in [1.807, 2.05) is 19.9 Å². The van der Waals surface area contributed by atoms with Crippen molar-refractivity contribution in [3.63, 3.8) is 0 Å². The molecule has 15 heavy (non-hydrogen) atoms. The summed E-state index contributed by atoms with van der Waals surface area (Å²) in [5.74, 6) is 0.824. The first-order valence-corrected chi connectivity index (χ1v) is 4.94. The van der Waals surface area contributed by atoms with Crippen molar-refractivity contribution in [2.75, 3.05) is 17.7 Å². The van der Waals surface area contributed by atoms with E-state index >= 15 is 0 Å². The first-order chi connectivity index (χ1) is 7.09. The fourth-order valence-corrected chi connectivity index (χ4v) is 1.81. The first kappa shape index (κ1) is 9.83. The Bertz CT molecular complexity index is 413. The highest BCUT2D eigenvalue weighted by atomic mass is 16.5. The number of amides is 1. The third-order valence-electron chi connectivity index (χ3n) is 2.44. The maximum Gasteiger partial charge on any atom is 0.262 e. The van der Waals surface area contributed by atoms with Gasteiger partial charge >= 0.3 is 0 Å². The Morgan fingerprint density at radius 3 is 2.87 bits per heavy atom. The molecule has 0 atom stereocenters. The number of nitrogen functional groups attached to an aromatic ring is 1. The topological polar surface area (TPSA) is 64.3 Å². The van der Waals surface area contributed by atoms with Gasteiger partial charge in [0, 0.05) is 11.3 Å². The summed E-state index contributed by atoms with van der Waals surface area (Å²) < 4.78 is 5.31. The largest absolute Gasteiger partial charge is 0.482 e. The normalized spacial score (nSPS) is 14.5. The van der Waals surface area contributed by atoms with E-state index in [0.717, 1.165) is 11.3 Å². The third-order valence-corrected chi connectivity index (χ3v) is 2.44. The molecule has 0 saturated carbocycles. The van der Waals surface area contributed by atoms with Gasteiger partial charge in [-0.25, -0.2) is 0 Å². The summed E-state index contributed by atoms with van der Waals surface area (Å²) in [6, 6.07) is 3.60. The highest BCUT2D eigenvalue weighted by Crippen LogP contribution is 2.38. The molecule has 0 aliphatic carbocycles. The Labute approximate surface area is 88.4 Å². The van der Waals surface area contributed by atoms with Crippen molar-refractivity contribution in [3.05, 3.63) is 17.7 Å². The van der Waals surface area contributed by atoms with Gasteiger partial charge in [-0.3, -0.25) is 4.79 Å². The van der Waals surface area contributed by atoms with Crippen LogP contribution in [0.15, 0.2) is 12.1 Å². The average molecular weight is 206 g/mol. The number of fused-ring (bicyclic) bond motifs is 1. The molecule has 1 aliphatic rings. The van der Waals surface area contributed by atoms with Crippen LogP contribution in [0.2, 0.25) is 0 Å². The van der Waals surface area contributed by atoms with Crippen molar-refractivity contribution < 1.29 is 9.53 Å². The van der Waals surface area contributed by atoms with E-state index in [1.54, 1.807) is 6.07 Å². The fraction of sp³-hybridized carbons (Fsp3) is 0.364. The number of carbonyl (C=O) groups excluding carboxylic acids is 1. The molecule has 0 unspecified atom stereocenters. The van der Waals surface area contributed by atoms with Crippen LogP contribution in [-0.2, 0) is 4.79 Å². The van der Waals surface area contributed by atoms with Crippen LogP contribution in [0, 0.1) is 0 Å². The van der Waals surface area contributed by atoms with Crippen molar-refractivity contribution in [1.82, 2.24) is 0 Å². The van der Waals surface area contributed by atoms with Crippen LogP contribution >= 0.6 is 0 Å². The molecular weight excluding hydrogens is 192 g/mol. The number of ether oxygens (including phenoxy) is 1. The molecule has 3 N–H and O–H groups in total. The van der Waals surface area contributed by atoms with Crippen LogP contribution in [0.4, 0.5) is 11.4 Å². The number of anilines is 2. The highest BCUT2D eigenvalue weighted by molar-refractivity contribution is 5.97. The molecule has 1 aromatic rings. The second-order valence-corrected chi connectivity index (χ2v) is 3.93. The molecule has 80 valence electrons. The van der Waals surface area contributed by atoms with Crippen LogP contribution < -0.4 is 15.8 Å². The minimum absolute atomic E-state index is 0.0778. The first-order valence-electron chi connectivity index (χ1n) is 4.94. The molecule has 0 spiro atoms. The Kier molecular flexibility index (Phi) is 2.26. The minimum atomic E-state index is -0.130. The second-order valence-electron chi connectivity index (χ2n) is 3.93.